The quantitative estimate of drug-likeness (QED) is 0.267. The van der Waals surface area contributed by atoms with Crippen molar-refractivity contribution in [3.63, 3.8) is 0 Å². The Bertz CT molecular complexity index is 837. The molecule has 1 atom stereocenters. The molecule has 126 valence electrons. The van der Waals surface area contributed by atoms with Gasteiger partial charge in [-0.15, -0.1) is 0 Å². The van der Waals surface area contributed by atoms with Crippen LogP contribution in [0.15, 0.2) is 44.7 Å². The minimum atomic E-state index is -0.680. The van der Waals surface area contributed by atoms with Gasteiger partial charge in [-0.1, -0.05) is 25.0 Å². The van der Waals surface area contributed by atoms with E-state index in [9.17, 15) is 9.59 Å². The molecule has 2 aromatic rings. The Morgan fingerprint density at radius 1 is 1.29 bits per heavy atom. The van der Waals surface area contributed by atoms with E-state index in [2.05, 4.69) is 10.0 Å². The molecule has 0 spiro atoms. The number of benzene rings is 1. The van der Waals surface area contributed by atoms with Crippen LogP contribution in [0.2, 0.25) is 0 Å². The molecule has 0 aliphatic carbocycles. The molecule has 8 heteroatoms. The summed E-state index contributed by atoms with van der Waals surface area (Å²) in [7, 11) is 0. The van der Waals surface area contributed by atoms with Crippen LogP contribution in [0.3, 0.4) is 0 Å². The first-order valence-electron chi connectivity index (χ1n) is 7.68. The van der Waals surface area contributed by atoms with Gasteiger partial charge in [-0.3, -0.25) is 9.80 Å². The summed E-state index contributed by atoms with van der Waals surface area (Å²) in [5.41, 5.74) is 8.90. The Kier molecular flexibility index (Phi) is 5.57. The summed E-state index contributed by atoms with van der Waals surface area (Å²) in [6.07, 6.45) is -0.680. The first-order valence-corrected chi connectivity index (χ1v) is 7.68. The van der Waals surface area contributed by atoms with Crippen LogP contribution in [0.4, 0.5) is 0 Å². The first-order chi connectivity index (χ1) is 11.5. The summed E-state index contributed by atoms with van der Waals surface area (Å²) in [5.74, 6) is -0.327. The average Bonchev–Trinajstić information content (AvgIpc) is 2.58. The molecule has 0 aliphatic rings. The normalized spacial score (nSPS) is 12.0. The van der Waals surface area contributed by atoms with Crippen LogP contribution >= 0.6 is 0 Å². The smallest absolute Gasteiger partial charge is 0.336 e. The maximum Gasteiger partial charge on any atom is 0.336 e. The van der Waals surface area contributed by atoms with Gasteiger partial charge in [0.15, 0.2) is 0 Å². The lowest BCUT2D eigenvalue weighted by Crippen LogP contribution is -2.50. The summed E-state index contributed by atoms with van der Waals surface area (Å²) < 4.78 is 5.13. The van der Waals surface area contributed by atoms with Gasteiger partial charge in [-0.2, -0.15) is 0 Å². The molecular weight excluding hydrogens is 310 g/mol. The monoisotopic (exact) mass is 329 g/mol. The number of hydrogen-bond acceptors (Lipinski definition) is 5. The second-order valence-corrected chi connectivity index (χ2v) is 5.13. The molecule has 0 N–H and O–H groups in total. The van der Waals surface area contributed by atoms with E-state index in [1.807, 2.05) is 13.8 Å². The highest BCUT2D eigenvalue weighted by Crippen LogP contribution is 2.18. The lowest BCUT2D eigenvalue weighted by atomic mass is 10.1. The highest BCUT2D eigenvalue weighted by molar-refractivity contribution is 5.97. The Hall–Kier alpha value is -2.83. The number of amides is 1. The molecule has 0 saturated carbocycles. The van der Waals surface area contributed by atoms with Crippen LogP contribution < -0.4 is 5.63 Å². The number of azide groups is 1. The number of hydrazine groups is 1. The zero-order valence-corrected chi connectivity index (χ0v) is 13.8. The lowest BCUT2D eigenvalue weighted by molar-refractivity contribution is -0.0250. The van der Waals surface area contributed by atoms with E-state index in [4.69, 9.17) is 9.95 Å². The molecule has 8 nitrogen and oxygen atoms in total. The zero-order chi connectivity index (χ0) is 17.7. The Morgan fingerprint density at radius 3 is 2.58 bits per heavy atom. The molecule has 0 saturated heterocycles. The molecule has 1 aromatic carbocycles. The van der Waals surface area contributed by atoms with Crippen molar-refractivity contribution in [3.05, 3.63) is 56.8 Å². The predicted octanol–water partition coefficient (Wildman–Crippen LogP) is 3.15. The van der Waals surface area contributed by atoms with E-state index in [1.54, 1.807) is 30.1 Å². The van der Waals surface area contributed by atoms with E-state index in [1.165, 1.54) is 17.1 Å². The molecule has 0 bridgehead atoms. The van der Waals surface area contributed by atoms with Gasteiger partial charge in [0.1, 0.15) is 11.7 Å². The van der Waals surface area contributed by atoms with Crippen LogP contribution in [-0.4, -0.2) is 35.2 Å². The summed E-state index contributed by atoms with van der Waals surface area (Å²) in [6, 6.07) is 7.86. The van der Waals surface area contributed by atoms with Crippen LogP contribution in [0.25, 0.3) is 21.4 Å². The topological polar surface area (TPSA) is 103 Å². The number of carbonyl (C=O) groups excluding carboxylic acids is 1. The standard InChI is InChI=1S/C16H19N5O3/c1-4-20(5-2)21(11(3)18-19-17)16(23)13-7-6-12-8-9-15(22)24-14(12)10-13/h6-11H,4-5H2,1-3H3. The molecule has 1 heterocycles. The maximum atomic E-state index is 12.9. The fourth-order valence-electron chi connectivity index (χ4n) is 2.51. The fraction of sp³-hybridized carbons (Fsp3) is 0.375. The minimum absolute atomic E-state index is 0.327. The van der Waals surface area contributed by atoms with E-state index in [-0.39, 0.29) is 5.91 Å². The maximum absolute atomic E-state index is 12.9. The lowest BCUT2D eigenvalue weighted by Gasteiger charge is -2.36. The van der Waals surface area contributed by atoms with E-state index >= 15 is 0 Å². The van der Waals surface area contributed by atoms with Gasteiger partial charge in [0.2, 0.25) is 0 Å². The van der Waals surface area contributed by atoms with Crippen molar-refractivity contribution in [2.24, 2.45) is 5.11 Å². The first kappa shape index (κ1) is 17.5. The zero-order valence-electron chi connectivity index (χ0n) is 13.8. The number of rotatable bonds is 6. The molecule has 0 fully saturated rings. The van der Waals surface area contributed by atoms with Gasteiger partial charge in [0.05, 0.1) is 0 Å². The van der Waals surface area contributed by atoms with Crippen molar-refractivity contribution >= 4 is 16.9 Å². The number of fused-ring (bicyclic) bond motifs is 1. The molecule has 0 aliphatic heterocycles. The third kappa shape index (κ3) is 3.56. The Morgan fingerprint density at radius 2 is 1.96 bits per heavy atom. The molecule has 1 amide bonds. The summed E-state index contributed by atoms with van der Waals surface area (Å²) in [6.45, 7) is 6.63. The second kappa shape index (κ2) is 7.63. The molecule has 1 aromatic heterocycles. The van der Waals surface area contributed by atoms with Gasteiger partial charge < -0.3 is 4.42 Å². The van der Waals surface area contributed by atoms with Gasteiger partial charge >= 0.3 is 5.63 Å². The molecular formula is C16H19N5O3. The van der Waals surface area contributed by atoms with Crippen molar-refractivity contribution in [1.82, 2.24) is 10.0 Å². The summed E-state index contributed by atoms with van der Waals surface area (Å²) in [4.78, 5) is 27.1. The molecule has 2 rings (SSSR count). The SMILES string of the molecule is CCN(CC)N(C(=O)c1ccc2ccc(=O)oc2c1)C(C)N=[N+]=[N-]. The van der Waals surface area contributed by atoms with Crippen molar-refractivity contribution in [2.75, 3.05) is 13.1 Å². The van der Waals surface area contributed by atoms with E-state index in [0.29, 0.717) is 24.2 Å². The number of carbonyl (C=O) groups is 1. The van der Waals surface area contributed by atoms with Crippen LogP contribution in [0.5, 0.6) is 0 Å². The van der Waals surface area contributed by atoms with Gasteiger partial charge in [-0.25, -0.2) is 9.80 Å². The average molecular weight is 329 g/mol. The second-order valence-electron chi connectivity index (χ2n) is 5.13. The van der Waals surface area contributed by atoms with Crippen molar-refractivity contribution in [3.8, 4) is 0 Å². The van der Waals surface area contributed by atoms with Crippen LogP contribution in [0, 0.1) is 0 Å². The van der Waals surface area contributed by atoms with Crippen molar-refractivity contribution < 1.29 is 9.21 Å². The molecule has 1 unspecified atom stereocenters. The minimum Gasteiger partial charge on any atom is -0.423 e. The fourth-order valence-corrected chi connectivity index (χ4v) is 2.51. The summed E-state index contributed by atoms with van der Waals surface area (Å²) in [5, 5.41) is 7.56. The molecule has 24 heavy (non-hydrogen) atoms. The summed E-state index contributed by atoms with van der Waals surface area (Å²) >= 11 is 0. The van der Waals surface area contributed by atoms with Crippen LogP contribution in [0.1, 0.15) is 31.1 Å². The van der Waals surface area contributed by atoms with Crippen molar-refractivity contribution in [2.45, 2.75) is 26.9 Å². The molecule has 0 radical (unpaired) electrons. The van der Waals surface area contributed by atoms with E-state index < -0.39 is 11.8 Å². The van der Waals surface area contributed by atoms with Gasteiger partial charge in [0, 0.05) is 35.0 Å². The van der Waals surface area contributed by atoms with Gasteiger partial charge in [-0.05, 0) is 30.7 Å². The number of hydrogen-bond donors (Lipinski definition) is 0. The third-order valence-corrected chi connectivity index (χ3v) is 3.69. The number of nitrogens with zero attached hydrogens (tertiary/aromatic N) is 5. The van der Waals surface area contributed by atoms with Crippen LogP contribution in [-0.2, 0) is 0 Å². The predicted molar refractivity (Wildman–Crippen MR) is 90.2 cm³/mol. The van der Waals surface area contributed by atoms with Gasteiger partial charge in [0.25, 0.3) is 5.91 Å². The highest BCUT2D eigenvalue weighted by Gasteiger charge is 2.25. The van der Waals surface area contributed by atoms with E-state index in [0.717, 1.165) is 5.39 Å². The largest absolute Gasteiger partial charge is 0.423 e. The highest BCUT2D eigenvalue weighted by atomic mass is 16.4. The van der Waals surface area contributed by atoms with Crippen molar-refractivity contribution in [1.29, 1.82) is 0 Å². The Balaban J connectivity index is 2.48. The Labute approximate surface area is 138 Å². The third-order valence-electron chi connectivity index (χ3n) is 3.69.